The second-order valence-corrected chi connectivity index (χ2v) is 2.17. The molecule has 0 heterocycles. The summed E-state index contributed by atoms with van der Waals surface area (Å²) >= 11 is 0. The summed E-state index contributed by atoms with van der Waals surface area (Å²) in [6, 6.07) is 0. The van der Waals surface area contributed by atoms with Gasteiger partial charge in [-0.3, -0.25) is 9.59 Å². The van der Waals surface area contributed by atoms with Crippen LogP contribution in [-0.4, -0.2) is 46.2 Å². The number of aliphatic carboxylic acids is 2. The van der Waals surface area contributed by atoms with Crippen molar-refractivity contribution in [1.82, 2.24) is 0 Å². The summed E-state index contributed by atoms with van der Waals surface area (Å²) in [5.74, 6) is -2.62. The summed E-state index contributed by atoms with van der Waals surface area (Å²) < 4.78 is 0. The first kappa shape index (κ1) is 29.5. The quantitative estimate of drug-likeness (QED) is 0.459. The molecule has 0 radical (unpaired) electrons. The number of carboxylic acids is 2. The first-order valence-electron chi connectivity index (χ1n) is 3.77. The minimum absolute atomic E-state index is 0. The van der Waals surface area contributed by atoms with Crippen LogP contribution in [0.2, 0.25) is 0 Å². The smallest absolute Gasteiger partial charge is 0.677 e. The third-order valence-corrected chi connectivity index (χ3v) is 0.906. The zero-order valence-electron chi connectivity index (χ0n) is 8.56. The normalized spacial score (nSPS) is 6.88. The maximum absolute atomic E-state index is 9.43. The largest absolute Gasteiger partial charge is 2.00 e. The van der Waals surface area contributed by atoms with Gasteiger partial charge in [-0.15, -0.1) is 0 Å². The second kappa shape index (κ2) is 23.9. The van der Waals surface area contributed by atoms with Crippen molar-refractivity contribution < 1.29 is 51.8 Å². The van der Waals surface area contributed by atoms with E-state index in [0.717, 1.165) is 12.8 Å². The SMILES string of the molecule is O.O.O=C(O)CC(=O)O.[NH-]CCCC[NH-].[Pt+2]. The van der Waals surface area contributed by atoms with Crippen molar-refractivity contribution in [3.63, 3.8) is 0 Å². The van der Waals surface area contributed by atoms with Gasteiger partial charge in [-0.05, 0) is 0 Å². The van der Waals surface area contributed by atoms with E-state index in [1.807, 2.05) is 0 Å². The molecule has 16 heavy (non-hydrogen) atoms. The number of unbranched alkanes of at least 4 members (excludes halogenated alkanes) is 1. The van der Waals surface area contributed by atoms with Gasteiger partial charge < -0.3 is 32.6 Å². The van der Waals surface area contributed by atoms with E-state index >= 15 is 0 Å². The van der Waals surface area contributed by atoms with Gasteiger partial charge in [-0.25, -0.2) is 0 Å². The Balaban J connectivity index is -0.0000000428. The van der Waals surface area contributed by atoms with Crippen LogP contribution in [-0.2, 0) is 30.7 Å². The van der Waals surface area contributed by atoms with Crippen molar-refractivity contribution in [1.29, 1.82) is 0 Å². The zero-order valence-corrected chi connectivity index (χ0v) is 10.8. The summed E-state index contributed by atoms with van der Waals surface area (Å²) in [6.45, 7) is 0.970. The Kier molecular flexibility index (Phi) is 44.2. The molecule has 0 aromatic heterocycles. The molecule has 0 unspecified atom stereocenters. The molecule has 9 heteroatoms. The van der Waals surface area contributed by atoms with E-state index in [4.69, 9.17) is 21.7 Å². The van der Waals surface area contributed by atoms with Crippen LogP contribution in [0.25, 0.3) is 11.5 Å². The van der Waals surface area contributed by atoms with Crippen LogP contribution in [0.3, 0.4) is 0 Å². The Hall–Kier alpha value is -0.532. The Morgan fingerprint density at radius 3 is 1.19 bits per heavy atom. The van der Waals surface area contributed by atoms with Gasteiger partial charge in [0, 0.05) is 0 Å². The van der Waals surface area contributed by atoms with Crippen molar-refractivity contribution in [2.45, 2.75) is 19.3 Å². The van der Waals surface area contributed by atoms with Crippen molar-refractivity contribution in [2.24, 2.45) is 0 Å². The number of carbonyl (C=O) groups is 2. The number of carboxylic acid groups (broad SMARTS) is 2. The monoisotopic (exact) mass is 421 g/mol. The molecule has 0 atom stereocenters. The third kappa shape index (κ3) is 50.0. The molecule has 0 spiro atoms. The van der Waals surface area contributed by atoms with Crippen molar-refractivity contribution in [3.05, 3.63) is 11.5 Å². The molecule has 0 aromatic rings. The van der Waals surface area contributed by atoms with E-state index in [9.17, 15) is 9.59 Å². The summed E-state index contributed by atoms with van der Waals surface area (Å²) in [7, 11) is 0. The minimum atomic E-state index is -1.31. The number of rotatable bonds is 5. The van der Waals surface area contributed by atoms with Crippen LogP contribution < -0.4 is 0 Å². The average molecular weight is 421 g/mol. The predicted octanol–water partition coefficient (Wildman–Crippen LogP) is -0.235. The Labute approximate surface area is 108 Å². The van der Waals surface area contributed by atoms with Crippen LogP contribution in [0.4, 0.5) is 0 Å². The fourth-order valence-electron chi connectivity index (χ4n) is 0.379. The molecule has 0 rings (SSSR count). The van der Waals surface area contributed by atoms with Crippen molar-refractivity contribution in [3.8, 4) is 0 Å². The Bertz CT molecular complexity index is 142. The van der Waals surface area contributed by atoms with E-state index in [1.54, 1.807) is 0 Å². The molecular weight excluding hydrogens is 403 g/mol. The molecule has 102 valence electrons. The molecule has 0 amide bonds. The molecule has 0 fully saturated rings. The van der Waals surface area contributed by atoms with Crippen LogP contribution in [0.5, 0.6) is 0 Å². The molecule has 0 bridgehead atoms. The van der Waals surface area contributed by atoms with E-state index in [2.05, 4.69) is 0 Å². The van der Waals surface area contributed by atoms with Crippen LogP contribution >= 0.6 is 0 Å². The second-order valence-electron chi connectivity index (χ2n) is 2.17. The minimum Gasteiger partial charge on any atom is -0.677 e. The number of hydrogen-bond donors (Lipinski definition) is 2. The van der Waals surface area contributed by atoms with Gasteiger partial charge >= 0.3 is 33.0 Å². The molecule has 0 aliphatic heterocycles. The van der Waals surface area contributed by atoms with Crippen LogP contribution in [0, 0.1) is 0 Å². The van der Waals surface area contributed by atoms with E-state index in [-0.39, 0.29) is 32.0 Å². The summed E-state index contributed by atoms with van der Waals surface area (Å²) in [5, 5.41) is 15.4. The summed E-state index contributed by atoms with van der Waals surface area (Å²) in [5.41, 5.74) is 13.2. The van der Waals surface area contributed by atoms with Gasteiger partial charge in [0.1, 0.15) is 6.42 Å². The summed E-state index contributed by atoms with van der Waals surface area (Å²) in [6.07, 6.45) is 0.979. The van der Waals surface area contributed by atoms with E-state index in [0.29, 0.717) is 13.1 Å². The zero-order chi connectivity index (χ0) is 10.7. The molecule has 0 aliphatic carbocycles. The first-order valence-corrected chi connectivity index (χ1v) is 3.77. The fourth-order valence-corrected chi connectivity index (χ4v) is 0.379. The van der Waals surface area contributed by atoms with Crippen molar-refractivity contribution >= 4 is 11.9 Å². The Morgan fingerprint density at radius 2 is 1.12 bits per heavy atom. The molecule has 0 saturated carbocycles. The van der Waals surface area contributed by atoms with Crippen LogP contribution in [0.1, 0.15) is 19.3 Å². The van der Waals surface area contributed by atoms with Gasteiger partial charge in [0.25, 0.3) is 0 Å². The maximum atomic E-state index is 9.43. The van der Waals surface area contributed by atoms with Crippen molar-refractivity contribution in [2.75, 3.05) is 13.1 Å². The van der Waals surface area contributed by atoms with Crippen LogP contribution in [0.15, 0.2) is 0 Å². The number of nitrogens with one attached hydrogen (secondary N) is 2. The third-order valence-electron chi connectivity index (χ3n) is 0.906. The topological polar surface area (TPSA) is 185 Å². The van der Waals surface area contributed by atoms with Gasteiger partial charge in [0.2, 0.25) is 0 Å². The van der Waals surface area contributed by atoms with Gasteiger partial charge in [-0.2, -0.15) is 13.1 Å². The van der Waals surface area contributed by atoms with Gasteiger partial charge in [-0.1, -0.05) is 12.8 Å². The predicted molar refractivity (Wildman–Crippen MR) is 54.7 cm³/mol. The van der Waals surface area contributed by atoms with E-state index in [1.165, 1.54) is 0 Å². The summed E-state index contributed by atoms with van der Waals surface area (Å²) in [4.78, 5) is 18.9. The van der Waals surface area contributed by atoms with E-state index < -0.39 is 18.4 Å². The molecule has 0 aromatic carbocycles. The van der Waals surface area contributed by atoms with Gasteiger partial charge in [0.15, 0.2) is 0 Å². The Morgan fingerprint density at radius 1 is 0.875 bits per heavy atom. The molecule has 0 saturated heterocycles. The standard InChI is InChI=1S/C4H10N2.C3H4O4.2H2O.Pt/c5-3-1-2-4-6;4-2(5)1-3(6)7;;;/h5-6H,1-4H2;1H2,(H,4,5)(H,6,7);2*1H2;/q-2;;;;+2. The average Bonchev–Trinajstić information content (AvgIpc) is 1.99. The molecule has 8 nitrogen and oxygen atoms in total. The maximum Gasteiger partial charge on any atom is 2.00 e. The number of hydrogen-bond acceptors (Lipinski definition) is 2. The first-order chi connectivity index (χ1) is 6.04. The molecule has 8 N–H and O–H groups in total. The fraction of sp³-hybridized carbons (Fsp3) is 0.714. The molecular formula is C7H18N2O6Pt. The molecule has 0 aliphatic rings. The van der Waals surface area contributed by atoms with Gasteiger partial charge in [0.05, 0.1) is 0 Å².